The zero-order chi connectivity index (χ0) is 28.6. The van der Waals surface area contributed by atoms with E-state index in [4.69, 9.17) is 14.7 Å². The van der Waals surface area contributed by atoms with Gasteiger partial charge in [0.2, 0.25) is 0 Å². The van der Waals surface area contributed by atoms with E-state index in [1.165, 1.54) is 7.11 Å². The third kappa shape index (κ3) is 4.74. The van der Waals surface area contributed by atoms with E-state index < -0.39 is 5.41 Å². The molecule has 3 saturated heterocycles. The molecule has 2 amide bonds. The summed E-state index contributed by atoms with van der Waals surface area (Å²) < 4.78 is 10.8. The summed E-state index contributed by atoms with van der Waals surface area (Å²) in [6, 6.07) is 16.6. The van der Waals surface area contributed by atoms with Crippen LogP contribution in [0.1, 0.15) is 52.0 Å². The molecule has 2 aromatic rings. The molecule has 41 heavy (non-hydrogen) atoms. The third-order valence-electron chi connectivity index (χ3n) is 10.0. The first-order valence-corrected chi connectivity index (χ1v) is 14.5. The van der Waals surface area contributed by atoms with Crippen molar-refractivity contribution in [3.8, 4) is 6.07 Å². The Morgan fingerprint density at radius 3 is 2.07 bits per heavy atom. The van der Waals surface area contributed by atoms with Crippen molar-refractivity contribution in [3.05, 3.63) is 65.2 Å². The number of esters is 1. The second-order valence-electron chi connectivity index (χ2n) is 11.9. The van der Waals surface area contributed by atoms with E-state index in [-0.39, 0.29) is 29.1 Å². The number of benzene rings is 2. The van der Waals surface area contributed by atoms with Crippen molar-refractivity contribution in [1.29, 1.82) is 5.26 Å². The number of anilines is 1. The Morgan fingerprint density at radius 1 is 0.854 bits per heavy atom. The SMILES string of the molecule is COC(=O)C12CCC3(CCN(C(=O)c4ccc(N5CCOCC5)cc4)CC3)[C@@H]1CN(C(=O)c1ccc(C#N)cc1)C2. The normalized spacial score (nSPS) is 25.1. The van der Waals surface area contributed by atoms with E-state index in [1.54, 1.807) is 29.2 Å². The molecule has 9 heteroatoms. The minimum Gasteiger partial charge on any atom is -0.469 e. The zero-order valence-electron chi connectivity index (χ0n) is 23.5. The second-order valence-corrected chi connectivity index (χ2v) is 11.9. The van der Waals surface area contributed by atoms with Crippen LogP contribution in [-0.4, -0.2) is 87.2 Å². The molecule has 9 nitrogen and oxygen atoms in total. The number of carbonyl (C=O) groups is 3. The fraction of sp³-hybridized carbons (Fsp3) is 0.500. The van der Waals surface area contributed by atoms with Gasteiger partial charge in [-0.25, -0.2) is 0 Å². The summed E-state index contributed by atoms with van der Waals surface area (Å²) in [6.07, 6.45) is 3.17. The maximum absolute atomic E-state index is 13.5. The van der Waals surface area contributed by atoms with Gasteiger partial charge in [0.1, 0.15) is 0 Å². The van der Waals surface area contributed by atoms with E-state index in [1.807, 2.05) is 29.2 Å². The van der Waals surface area contributed by atoms with Crippen LogP contribution >= 0.6 is 0 Å². The number of carbonyl (C=O) groups excluding carboxylic acids is 3. The lowest BCUT2D eigenvalue weighted by Gasteiger charge is -2.44. The lowest BCUT2D eigenvalue weighted by molar-refractivity contribution is -0.154. The quantitative estimate of drug-likeness (QED) is 0.532. The molecule has 6 rings (SSSR count). The first kappa shape index (κ1) is 27.3. The molecular weight excluding hydrogens is 520 g/mol. The Balaban J connectivity index is 1.15. The monoisotopic (exact) mass is 556 g/mol. The molecule has 0 bridgehead atoms. The molecule has 214 valence electrons. The topological polar surface area (TPSA) is 103 Å². The molecule has 2 aromatic carbocycles. The average molecular weight is 557 g/mol. The highest BCUT2D eigenvalue weighted by molar-refractivity contribution is 5.96. The maximum atomic E-state index is 13.5. The van der Waals surface area contributed by atoms with E-state index in [9.17, 15) is 14.4 Å². The van der Waals surface area contributed by atoms with Crippen LogP contribution in [0, 0.1) is 28.1 Å². The first-order valence-electron chi connectivity index (χ1n) is 14.5. The Kier molecular flexibility index (Phi) is 7.20. The van der Waals surface area contributed by atoms with Crippen LogP contribution in [0.5, 0.6) is 0 Å². The number of hydrogen-bond donors (Lipinski definition) is 0. The highest BCUT2D eigenvalue weighted by Gasteiger charge is 2.65. The molecule has 4 fully saturated rings. The summed E-state index contributed by atoms with van der Waals surface area (Å²) in [5, 5.41) is 9.10. The summed E-state index contributed by atoms with van der Waals surface area (Å²) in [4.78, 5) is 46.1. The first-order chi connectivity index (χ1) is 19.9. The summed E-state index contributed by atoms with van der Waals surface area (Å²) in [5.41, 5.74) is 1.96. The molecule has 1 spiro atoms. The van der Waals surface area contributed by atoms with E-state index in [0.29, 0.717) is 49.3 Å². The van der Waals surface area contributed by atoms with Crippen molar-refractivity contribution < 1.29 is 23.9 Å². The van der Waals surface area contributed by atoms with Crippen LogP contribution in [0.4, 0.5) is 5.69 Å². The highest BCUT2D eigenvalue weighted by atomic mass is 16.5. The van der Waals surface area contributed by atoms with Gasteiger partial charge in [-0.3, -0.25) is 14.4 Å². The van der Waals surface area contributed by atoms with Gasteiger partial charge in [0.25, 0.3) is 11.8 Å². The van der Waals surface area contributed by atoms with Gasteiger partial charge in [-0.1, -0.05) is 0 Å². The van der Waals surface area contributed by atoms with Gasteiger partial charge in [0.15, 0.2) is 0 Å². The number of ether oxygens (including phenoxy) is 2. The van der Waals surface area contributed by atoms with E-state index in [2.05, 4.69) is 11.0 Å². The molecule has 1 saturated carbocycles. The van der Waals surface area contributed by atoms with Gasteiger partial charge in [-0.15, -0.1) is 0 Å². The highest BCUT2D eigenvalue weighted by Crippen LogP contribution is 2.62. The van der Waals surface area contributed by atoms with Gasteiger partial charge in [-0.05, 0) is 79.6 Å². The van der Waals surface area contributed by atoms with Crippen molar-refractivity contribution in [1.82, 2.24) is 9.80 Å². The van der Waals surface area contributed by atoms with Crippen molar-refractivity contribution in [2.45, 2.75) is 25.7 Å². The van der Waals surface area contributed by atoms with E-state index >= 15 is 0 Å². The lowest BCUT2D eigenvalue weighted by atomic mass is 9.66. The number of fused-ring (bicyclic) bond motifs is 2. The molecule has 4 aliphatic rings. The summed E-state index contributed by atoms with van der Waals surface area (Å²) in [5.74, 6) is -0.353. The number of morpholine rings is 1. The number of likely N-dealkylation sites (tertiary alicyclic amines) is 2. The number of piperidine rings is 1. The largest absolute Gasteiger partial charge is 0.469 e. The fourth-order valence-electron chi connectivity index (χ4n) is 7.70. The van der Waals surface area contributed by atoms with Crippen molar-refractivity contribution in [2.24, 2.45) is 16.7 Å². The molecule has 0 aromatic heterocycles. The third-order valence-corrected chi connectivity index (χ3v) is 10.0. The summed E-state index contributed by atoms with van der Waals surface area (Å²) in [6.45, 7) is 5.22. The number of nitrogens with zero attached hydrogens (tertiary/aromatic N) is 4. The molecular formula is C32H36N4O5. The number of hydrogen-bond acceptors (Lipinski definition) is 7. The maximum Gasteiger partial charge on any atom is 0.313 e. The van der Waals surface area contributed by atoms with Crippen LogP contribution < -0.4 is 4.90 Å². The Morgan fingerprint density at radius 2 is 1.46 bits per heavy atom. The minimum absolute atomic E-state index is 0.0187. The van der Waals surface area contributed by atoms with Crippen LogP contribution in [0.2, 0.25) is 0 Å². The smallest absolute Gasteiger partial charge is 0.313 e. The van der Waals surface area contributed by atoms with Crippen LogP contribution in [0.15, 0.2) is 48.5 Å². The van der Waals surface area contributed by atoms with Crippen LogP contribution in [0.25, 0.3) is 0 Å². The Hall–Kier alpha value is -3.90. The molecule has 0 radical (unpaired) electrons. The minimum atomic E-state index is -0.724. The molecule has 0 N–H and O–H groups in total. The Labute approximate surface area is 240 Å². The van der Waals surface area contributed by atoms with E-state index in [0.717, 1.165) is 51.3 Å². The fourth-order valence-corrected chi connectivity index (χ4v) is 7.70. The van der Waals surface area contributed by atoms with Crippen molar-refractivity contribution in [3.63, 3.8) is 0 Å². The standard InChI is InChI=1S/C32H36N4O5/c1-40-30(39)32-11-10-31(27(32)21-36(22-32)29(38)24-4-2-23(20-33)3-5-24)12-14-35(15-13-31)28(37)25-6-8-26(9-7-25)34-16-18-41-19-17-34/h2-9,27H,10-19,21-22H2,1H3/t27-,32?/m0/s1. The summed E-state index contributed by atoms with van der Waals surface area (Å²) >= 11 is 0. The molecule has 3 aliphatic heterocycles. The number of amides is 2. The predicted molar refractivity (Wildman–Crippen MR) is 151 cm³/mol. The zero-order valence-corrected chi connectivity index (χ0v) is 23.5. The number of rotatable bonds is 4. The molecule has 2 atom stereocenters. The predicted octanol–water partition coefficient (Wildman–Crippen LogP) is 3.34. The van der Waals surface area contributed by atoms with Crippen molar-refractivity contribution in [2.75, 3.05) is 64.5 Å². The molecule has 1 aliphatic carbocycles. The van der Waals surface area contributed by atoms with Crippen molar-refractivity contribution >= 4 is 23.5 Å². The number of nitriles is 1. The van der Waals surface area contributed by atoms with Gasteiger partial charge in [0, 0.05) is 62.0 Å². The average Bonchev–Trinajstić information content (AvgIpc) is 3.57. The number of methoxy groups -OCH3 is 1. The van der Waals surface area contributed by atoms with Gasteiger partial charge >= 0.3 is 5.97 Å². The van der Waals surface area contributed by atoms with Crippen LogP contribution in [0.3, 0.4) is 0 Å². The van der Waals surface area contributed by atoms with Gasteiger partial charge < -0.3 is 24.2 Å². The Bertz CT molecular complexity index is 1350. The molecule has 1 unspecified atom stereocenters. The van der Waals surface area contributed by atoms with Gasteiger partial charge in [0.05, 0.1) is 37.4 Å². The second kappa shape index (κ2) is 10.8. The summed E-state index contributed by atoms with van der Waals surface area (Å²) in [7, 11) is 1.43. The molecule has 3 heterocycles. The lowest BCUT2D eigenvalue weighted by Crippen LogP contribution is -2.47. The van der Waals surface area contributed by atoms with Crippen LogP contribution in [-0.2, 0) is 14.3 Å². The van der Waals surface area contributed by atoms with Gasteiger partial charge in [-0.2, -0.15) is 5.26 Å².